The minimum atomic E-state index is -0.0471. The number of aromatic nitrogens is 2. The number of rotatable bonds is 4. The van der Waals surface area contributed by atoms with E-state index in [-0.39, 0.29) is 11.5 Å². The van der Waals surface area contributed by atoms with Gasteiger partial charge in [0.05, 0.1) is 0 Å². The van der Waals surface area contributed by atoms with Crippen molar-refractivity contribution in [2.24, 2.45) is 5.92 Å². The Morgan fingerprint density at radius 2 is 2.05 bits per heavy atom. The van der Waals surface area contributed by atoms with Crippen LogP contribution in [0.2, 0.25) is 0 Å². The molecule has 0 unspecified atom stereocenters. The van der Waals surface area contributed by atoms with Crippen molar-refractivity contribution in [3.05, 3.63) is 22.2 Å². The van der Waals surface area contributed by atoms with Crippen LogP contribution < -0.4 is 10.5 Å². The van der Waals surface area contributed by atoms with Gasteiger partial charge in [-0.2, -0.15) is 0 Å². The molecule has 0 saturated carbocycles. The molecule has 0 bridgehead atoms. The molecule has 1 aliphatic rings. The first kappa shape index (κ1) is 15.0. The lowest BCUT2D eigenvalue weighted by Crippen LogP contribution is -2.38. The van der Waals surface area contributed by atoms with Gasteiger partial charge in [0.15, 0.2) is 0 Å². The van der Waals surface area contributed by atoms with E-state index in [1.165, 1.54) is 12.8 Å². The van der Waals surface area contributed by atoms with Gasteiger partial charge in [0.1, 0.15) is 11.6 Å². The SMILES string of the molecule is CC(C)c1nc(N2CCC(CN(C)C)CC2)cc(=O)[nH]1. The molecule has 0 radical (unpaired) electrons. The lowest BCUT2D eigenvalue weighted by Gasteiger charge is -2.34. The molecule has 0 atom stereocenters. The minimum Gasteiger partial charge on any atom is -0.356 e. The van der Waals surface area contributed by atoms with E-state index in [0.717, 1.165) is 37.2 Å². The molecule has 2 heterocycles. The van der Waals surface area contributed by atoms with E-state index in [1.807, 2.05) is 13.8 Å². The molecule has 20 heavy (non-hydrogen) atoms. The lowest BCUT2D eigenvalue weighted by atomic mass is 9.96. The number of piperidine rings is 1. The predicted octanol–water partition coefficient (Wildman–Crippen LogP) is 1.67. The Hall–Kier alpha value is -1.36. The zero-order valence-electron chi connectivity index (χ0n) is 13.0. The number of nitrogens with zero attached hydrogens (tertiary/aromatic N) is 3. The molecule has 1 fully saturated rings. The summed E-state index contributed by atoms with van der Waals surface area (Å²) < 4.78 is 0. The second kappa shape index (κ2) is 6.39. The minimum absolute atomic E-state index is 0.0471. The molecule has 2 rings (SSSR count). The molecule has 1 aromatic heterocycles. The van der Waals surface area contributed by atoms with Gasteiger partial charge in [-0.1, -0.05) is 13.8 Å². The molecule has 5 heteroatoms. The van der Waals surface area contributed by atoms with Crippen molar-refractivity contribution in [2.75, 3.05) is 38.6 Å². The zero-order valence-corrected chi connectivity index (χ0v) is 13.0. The van der Waals surface area contributed by atoms with Crippen LogP contribution in [0.5, 0.6) is 0 Å². The third-order valence-corrected chi connectivity index (χ3v) is 3.86. The van der Waals surface area contributed by atoms with Gasteiger partial charge in [-0.3, -0.25) is 4.79 Å². The maximum absolute atomic E-state index is 11.7. The highest BCUT2D eigenvalue weighted by atomic mass is 16.1. The topological polar surface area (TPSA) is 52.2 Å². The third kappa shape index (κ3) is 3.82. The first-order chi connectivity index (χ1) is 9.45. The molecule has 0 spiro atoms. The van der Waals surface area contributed by atoms with Crippen LogP contribution in [0.4, 0.5) is 5.82 Å². The van der Waals surface area contributed by atoms with Crippen molar-refractivity contribution in [1.82, 2.24) is 14.9 Å². The van der Waals surface area contributed by atoms with Gasteiger partial charge in [0, 0.05) is 31.6 Å². The van der Waals surface area contributed by atoms with Crippen molar-refractivity contribution >= 4 is 5.82 Å². The van der Waals surface area contributed by atoms with E-state index in [1.54, 1.807) is 6.07 Å². The third-order valence-electron chi connectivity index (χ3n) is 3.86. The summed E-state index contributed by atoms with van der Waals surface area (Å²) in [5, 5.41) is 0. The van der Waals surface area contributed by atoms with Crippen LogP contribution >= 0.6 is 0 Å². The van der Waals surface area contributed by atoms with Crippen LogP contribution in [0.15, 0.2) is 10.9 Å². The van der Waals surface area contributed by atoms with Crippen LogP contribution in [0, 0.1) is 5.92 Å². The van der Waals surface area contributed by atoms with E-state index in [9.17, 15) is 4.79 Å². The fourth-order valence-electron chi connectivity index (χ4n) is 2.76. The molecule has 0 aromatic carbocycles. The van der Waals surface area contributed by atoms with Gasteiger partial charge in [-0.05, 0) is 32.9 Å². The second-order valence-electron chi connectivity index (χ2n) is 6.34. The molecule has 1 N–H and O–H groups in total. The van der Waals surface area contributed by atoms with Crippen LogP contribution in [0.3, 0.4) is 0 Å². The largest absolute Gasteiger partial charge is 0.356 e. The maximum Gasteiger partial charge on any atom is 0.252 e. The highest BCUT2D eigenvalue weighted by molar-refractivity contribution is 5.38. The van der Waals surface area contributed by atoms with Gasteiger partial charge in [-0.25, -0.2) is 4.98 Å². The standard InChI is InChI=1S/C15H26N4O/c1-11(2)15-16-13(9-14(20)17-15)19-7-5-12(6-8-19)10-18(3)4/h9,11-12H,5-8,10H2,1-4H3,(H,16,17,20). The number of hydrogen-bond donors (Lipinski definition) is 1. The Kier molecular flexibility index (Phi) is 4.81. The second-order valence-corrected chi connectivity index (χ2v) is 6.34. The van der Waals surface area contributed by atoms with Gasteiger partial charge in [0.2, 0.25) is 0 Å². The summed E-state index contributed by atoms with van der Waals surface area (Å²) in [6, 6.07) is 1.62. The van der Waals surface area contributed by atoms with Gasteiger partial charge in [0.25, 0.3) is 5.56 Å². The Morgan fingerprint density at radius 1 is 1.40 bits per heavy atom. The molecule has 5 nitrogen and oxygen atoms in total. The number of H-pyrrole nitrogens is 1. The molecule has 1 aromatic rings. The molecule has 0 amide bonds. The fraction of sp³-hybridized carbons (Fsp3) is 0.733. The number of aromatic amines is 1. The number of anilines is 1. The van der Waals surface area contributed by atoms with E-state index in [4.69, 9.17) is 0 Å². The molecular formula is C15H26N4O. The van der Waals surface area contributed by atoms with Crippen LogP contribution in [0.1, 0.15) is 38.4 Å². The quantitative estimate of drug-likeness (QED) is 0.910. The molecule has 1 saturated heterocycles. The smallest absolute Gasteiger partial charge is 0.252 e. The lowest BCUT2D eigenvalue weighted by molar-refractivity contribution is 0.284. The Balaban J connectivity index is 2.05. The molecular weight excluding hydrogens is 252 g/mol. The monoisotopic (exact) mass is 278 g/mol. The Bertz CT molecular complexity index is 487. The van der Waals surface area contributed by atoms with Crippen molar-refractivity contribution in [3.63, 3.8) is 0 Å². The number of nitrogens with one attached hydrogen (secondary N) is 1. The summed E-state index contributed by atoms with van der Waals surface area (Å²) >= 11 is 0. The van der Waals surface area contributed by atoms with Crippen LogP contribution in [-0.2, 0) is 0 Å². The average Bonchev–Trinajstić information content (AvgIpc) is 2.38. The van der Waals surface area contributed by atoms with Gasteiger partial charge in [-0.15, -0.1) is 0 Å². The van der Waals surface area contributed by atoms with E-state index in [0.29, 0.717) is 0 Å². The highest BCUT2D eigenvalue weighted by Gasteiger charge is 2.21. The predicted molar refractivity (Wildman–Crippen MR) is 82.4 cm³/mol. The molecule has 112 valence electrons. The van der Waals surface area contributed by atoms with Gasteiger partial charge < -0.3 is 14.8 Å². The normalized spacial score (nSPS) is 17.2. The Morgan fingerprint density at radius 3 is 2.60 bits per heavy atom. The molecule has 0 aliphatic carbocycles. The van der Waals surface area contributed by atoms with Crippen molar-refractivity contribution in [3.8, 4) is 0 Å². The summed E-state index contributed by atoms with van der Waals surface area (Å²) in [5.74, 6) is 2.62. The van der Waals surface area contributed by atoms with E-state index in [2.05, 4.69) is 33.9 Å². The highest BCUT2D eigenvalue weighted by Crippen LogP contribution is 2.22. The molecule has 1 aliphatic heterocycles. The summed E-state index contributed by atoms with van der Waals surface area (Å²) in [6.07, 6.45) is 2.34. The Labute approximate surface area is 121 Å². The summed E-state index contributed by atoms with van der Waals surface area (Å²) in [4.78, 5) is 23.7. The van der Waals surface area contributed by atoms with Crippen molar-refractivity contribution in [1.29, 1.82) is 0 Å². The maximum atomic E-state index is 11.7. The first-order valence-electron chi connectivity index (χ1n) is 7.46. The van der Waals surface area contributed by atoms with E-state index < -0.39 is 0 Å². The summed E-state index contributed by atoms with van der Waals surface area (Å²) in [7, 11) is 4.25. The van der Waals surface area contributed by atoms with Crippen molar-refractivity contribution in [2.45, 2.75) is 32.6 Å². The van der Waals surface area contributed by atoms with E-state index >= 15 is 0 Å². The summed E-state index contributed by atoms with van der Waals surface area (Å²) in [6.45, 7) is 7.23. The van der Waals surface area contributed by atoms with Crippen LogP contribution in [0.25, 0.3) is 0 Å². The van der Waals surface area contributed by atoms with Crippen LogP contribution in [-0.4, -0.2) is 48.6 Å². The first-order valence-corrected chi connectivity index (χ1v) is 7.46. The average molecular weight is 278 g/mol. The fourth-order valence-corrected chi connectivity index (χ4v) is 2.76. The summed E-state index contributed by atoms with van der Waals surface area (Å²) in [5.41, 5.74) is -0.0471. The zero-order chi connectivity index (χ0) is 14.7. The van der Waals surface area contributed by atoms with Gasteiger partial charge >= 0.3 is 0 Å². The van der Waals surface area contributed by atoms with Crippen molar-refractivity contribution < 1.29 is 0 Å². The number of hydrogen-bond acceptors (Lipinski definition) is 4.